The van der Waals surface area contributed by atoms with Crippen LogP contribution in [0.15, 0.2) is 6.07 Å². The molecule has 0 aliphatic heterocycles. The highest BCUT2D eigenvalue weighted by Crippen LogP contribution is 2.16. The van der Waals surface area contributed by atoms with Gasteiger partial charge in [-0.15, -0.1) is 0 Å². The SMILES string of the molecule is Fc1cc(F)c(F)c(F)c1F.NS(=O)[O-]. The van der Waals surface area contributed by atoms with E-state index in [9.17, 15) is 22.0 Å². The third-order valence-corrected chi connectivity index (χ3v) is 1.06. The topological polar surface area (TPSA) is 66.2 Å². The summed E-state index contributed by atoms with van der Waals surface area (Å²) in [6.45, 7) is 0. The smallest absolute Gasteiger partial charge is 0.200 e. The Kier molecular flexibility index (Phi) is 5.33. The molecule has 1 unspecified atom stereocenters. The van der Waals surface area contributed by atoms with Crippen LogP contribution in [0.2, 0.25) is 0 Å². The molecule has 1 atom stereocenters. The molecule has 0 saturated heterocycles. The Morgan fingerprint density at radius 1 is 1.00 bits per heavy atom. The van der Waals surface area contributed by atoms with E-state index in [0.717, 1.165) is 0 Å². The zero-order valence-corrected chi connectivity index (χ0v) is 7.59. The van der Waals surface area contributed by atoms with E-state index in [1.165, 1.54) is 0 Å². The number of hydrogen-bond acceptors (Lipinski definition) is 2. The first-order valence-electron chi connectivity index (χ1n) is 3.09. The van der Waals surface area contributed by atoms with E-state index >= 15 is 0 Å². The third-order valence-electron chi connectivity index (χ3n) is 1.06. The van der Waals surface area contributed by atoms with E-state index in [0.29, 0.717) is 0 Å². The van der Waals surface area contributed by atoms with Crippen molar-refractivity contribution >= 4 is 11.3 Å². The van der Waals surface area contributed by atoms with Crippen LogP contribution in [-0.2, 0) is 11.3 Å². The number of rotatable bonds is 0. The van der Waals surface area contributed by atoms with Crippen molar-refractivity contribution < 1.29 is 30.7 Å². The molecule has 0 aliphatic rings. The predicted octanol–water partition coefficient (Wildman–Crippen LogP) is 1.12. The maximum Gasteiger partial charge on any atom is 0.200 e. The van der Waals surface area contributed by atoms with Crippen LogP contribution in [0.1, 0.15) is 0 Å². The summed E-state index contributed by atoms with van der Waals surface area (Å²) in [5, 5.41) is 4.03. The van der Waals surface area contributed by atoms with Crippen molar-refractivity contribution in [2.24, 2.45) is 5.14 Å². The molecule has 0 aliphatic carbocycles. The molecule has 0 saturated carbocycles. The lowest BCUT2D eigenvalue weighted by Gasteiger charge is -1.96. The maximum absolute atomic E-state index is 12.0. The lowest BCUT2D eigenvalue weighted by molar-refractivity contribution is 0.378. The fourth-order valence-electron chi connectivity index (χ4n) is 0.544. The monoisotopic (exact) mass is 248 g/mol. The molecule has 0 heterocycles. The highest BCUT2D eigenvalue weighted by atomic mass is 32.2. The van der Waals surface area contributed by atoms with Gasteiger partial charge in [0, 0.05) is 17.3 Å². The molecule has 1 aromatic rings. The second-order valence-electron chi connectivity index (χ2n) is 2.04. The van der Waals surface area contributed by atoms with Gasteiger partial charge in [-0.25, -0.2) is 22.0 Å². The van der Waals surface area contributed by atoms with Gasteiger partial charge in [0.2, 0.25) is 5.82 Å². The van der Waals surface area contributed by atoms with E-state index < -0.39 is 40.4 Å². The van der Waals surface area contributed by atoms with Crippen LogP contribution < -0.4 is 5.14 Å². The van der Waals surface area contributed by atoms with Gasteiger partial charge in [-0.05, 0) is 0 Å². The van der Waals surface area contributed by atoms with E-state index in [2.05, 4.69) is 5.14 Å². The average molecular weight is 248 g/mol. The summed E-state index contributed by atoms with van der Waals surface area (Å²) in [5.74, 6) is -9.65. The fraction of sp³-hybridized carbons (Fsp3) is 0. The first-order chi connectivity index (χ1) is 6.77. The Labute approximate surface area is 83.1 Å². The predicted molar refractivity (Wildman–Crippen MR) is 39.3 cm³/mol. The van der Waals surface area contributed by atoms with Crippen molar-refractivity contribution in [2.75, 3.05) is 0 Å². The van der Waals surface area contributed by atoms with Gasteiger partial charge in [0.15, 0.2) is 23.3 Å². The first-order valence-corrected chi connectivity index (χ1v) is 4.23. The Hall–Kier alpha value is -1.06. The third kappa shape index (κ3) is 4.32. The molecule has 0 aromatic heterocycles. The molecule has 0 radical (unpaired) electrons. The number of nitrogens with two attached hydrogens (primary N) is 1. The highest BCUT2D eigenvalue weighted by molar-refractivity contribution is 7.76. The molecule has 0 amide bonds. The van der Waals surface area contributed by atoms with Crippen LogP contribution in [0.3, 0.4) is 0 Å². The standard InChI is InChI=1S/C6HF5.H3NO2S/c7-2-1-3(8)5(10)6(11)4(2)9;1-4(2)3/h1H;1H2,(H,2,3)/p-1. The minimum Gasteiger partial charge on any atom is -0.760 e. The quantitative estimate of drug-likeness (QED) is 0.323. The molecule has 0 bridgehead atoms. The normalized spacial score (nSPS) is 11.7. The van der Waals surface area contributed by atoms with Gasteiger partial charge < -0.3 is 4.55 Å². The minimum absolute atomic E-state index is 0.0618. The molecule has 0 fully saturated rings. The van der Waals surface area contributed by atoms with Gasteiger partial charge in [-0.2, -0.15) is 0 Å². The van der Waals surface area contributed by atoms with Crippen LogP contribution in [-0.4, -0.2) is 8.76 Å². The summed E-state index contributed by atoms with van der Waals surface area (Å²) in [6.07, 6.45) is 0. The Balaban J connectivity index is 0.000000423. The van der Waals surface area contributed by atoms with Crippen molar-refractivity contribution in [2.45, 2.75) is 0 Å². The molecule has 2 N–H and O–H groups in total. The van der Waals surface area contributed by atoms with E-state index in [-0.39, 0.29) is 6.07 Å². The van der Waals surface area contributed by atoms with Crippen molar-refractivity contribution in [3.63, 3.8) is 0 Å². The molecule has 0 spiro atoms. The molecule has 1 aromatic carbocycles. The van der Waals surface area contributed by atoms with Crippen LogP contribution in [0.5, 0.6) is 0 Å². The zero-order chi connectivity index (χ0) is 12.2. The van der Waals surface area contributed by atoms with E-state index in [1.807, 2.05) is 0 Å². The van der Waals surface area contributed by atoms with Gasteiger partial charge in [0.1, 0.15) is 0 Å². The molecule has 9 heteroatoms. The minimum atomic E-state index is -2.36. The van der Waals surface area contributed by atoms with Crippen LogP contribution in [0.4, 0.5) is 22.0 Å². The maximum atomic E-state index is 12.0. The summed E-state index contributed by atoms with van der Waals surface area (Å²) < 4.78 is 77.6. The Bertz CT molecular complexity index is 356. The largest absolute Gasteiger partial charge is 0.760 e. The van der Waals surface area contributed by atoms with Gasteiger partial charge in [0.25, 0.3) is 0 Å². The molecule has 3 nitrogen and oxygen atoms in total. The molecular formula is C6H3F5NO2S-. The second kappa shape index (κ2) is 5.73. The molecular weight excluding hydrogens is 245 g/mol. The van der Waals surface area contributed by atoms with Gasteiger partial charge in [-0.1, -0.05) is 0 Å². The van der Waals surface area contributed by atoms with E-state index in [4.69, 9.17) is 8.76 Å². The average Bonchev–Trinajstić information content (AvgIpc) is 2.11. The molecule has 86 valence electrons. The number of hydrogen-bond donors (Lipinski definition) is 1. The van der Waals surface area contributed by atoms with Gasteiger partial charge >= 0.3 is 0 Å². The van der Waals surface area contributed by atoms with Crippen molar-refractivity contribution in [3.8, 4) is 0 Å². The second-order valence-corrected chi connectivity index (χ2v) is 2.56. The van der Waals surface area contributed by atoms with Gasteiger partial charge in [0.05, 0.1) is 0 Å². The van der Waals surface area contributed by atoms with Crippen molar-refractivity contribution in [1.29, 1.82) is 0 Å². The summed E-state index contributed by atoms with van der Waals surface area (Å²) in [5.41, 5.74) is 0. The van der Waals surface area contributed by atoms with E-state index in [1.54, 1.807) is 0 Å². The van der Waals surface area contributed by atoms with Crippen LogP contribution in [0.25, 0.3) is 0 Å². The van der Waals surface area contributed by atoms with Crippen molar-refractivity contribution in [3.05, 3.63) is 35.2 Å². The van der Waals surface area contributed by atoms with Crippen molar-refractivity contribution in [1.82, 2.24) is 0 Å². The first kappa shape index (κ1) is 13.9. The Morgan fingerprint density at radius 2 is 1.27 bits per heavy atom. The zero-order valence-electron chi connectivity index (χ0n) is 6.77. The van der Waals surface area contributed by atoms with Gasteiger partial charge in [-0.3, -0.25) is 9.35 Å². The number of halogens is 5. The summed E-state index contributed by atoms with van der Waals surface area (Å²) in [7, 11) is 0. The summed E-state index contributed by atoms with van der Waals surface area (Å²) >= 11 is -2.36. The Morgan fingerprint density at radius 3 is 1.53 bits per heavy atom. The lowest BCUT2D eigenvalue weighted by atomic mass is 10.3. The summed E-state index contributed by atoms with van der Waals surface area (Å²) in [6, 6.07) is -0.0618. The molecule has 15 heavy (non-hydrogen) atoms. The summed E-state index contributed by atoms with van der Waals surface area (Å²) in [4.78, 5) is 0. The lowest BCUT2D eigenvalue weighted by Crippen LogP contribution is -1.98. The number of benzene rings is 1. The van der Waals surface area contributed by atoms with Crippen LogP contribution >= 0.6 is 0 Å². The highest BCUT2D eigenvalue weighted by Gasteiger charge is 2.18. The van der Waals surface area contributed by atoms with Crippen LogP contribution in [0, 0.1) is 29.1 Å². The fourth-order valence-corrected chi connectivity index (χ4v) is 0.544. The molecule has 1 rings (SSSR count).